The van der Waals surface area contributed by atoms with Gasteiger partial charge < -0.3 is 0 Å². The molecule has 0 N–H and O–H groups in total. The normalized spacial score (nSPS) is 12.5. The van der Waals surface area contributed by atoms with Crippen LogP contribution in [0.25, 0.3) is 0 Å². The smallest absolute Gasteiger partial charge is 0.148 e. The Morgan fingerprint density at radius 1 is 1.42 bits per heavy atom. The third-order valence-corrected chi connectivity index (χ3v) is 2.21. The van der Waals surface area contributed by atoms with E-state index in [9.17, 15) is 4.57 Å². The van der Waals surface area contributed by atoms with Gasteiger partial charge in [-0.05, 0) is 16.9 Å². The molecule has 0 saturated carbocycles. The van der Waals surface area contributed by atoms with E-state index in [1.54, 1.807) is 0 Å². The molecule has 0 aromatic heterocycles. The molecule has 2 nitrogen and oxygen atoms in total. The Balaban J connectivity index is 0. The van der Waals surface area contributed by atoms with Crippen LogP contribution < -0.4 is 0 Å². The Morgan fingerprint density at radius 3 is 2.50 bits per heavy atom. The predicted octanol–water partition coefficient (Wildman–Crippen LogP) is 3.16. The van der Waals surface area contributed by atoms with Gasteiger partial charge in [0.15, 0.2) is 0 Å². The summed E-state index contributed by atoms with van der Waals surface area (Å²) < 4.78 is 14.9. The molecule has 0 aliphatic carbocycles. The van der Waals surface area contributed by atoms with Crippen LogP contribution >= 0.6 is 8.69 Å². The zero-order valence-corrected chi connectivity index (χ0v) is 10.8. The van der Waals surface area contributed by atoms with E-state index in [1.165, 1.54) is 19.3 Å². The zero-order chi connectivity index (χ0) is 8.53. The Kier molecular flexibility index (Phi) is 14.9. The van der Waals surface area contributed by atoms with Crippen molar-refractivity contribution in [3.8, 4) is 0 Å². The number of hydrogen-bond acceptors (Lipinski definition) is 2. The Morgan fingerprint density at radius 2 is 2.08 bits per heavy atom. The first-order chi connectivity index (χ1) is 5.35. The molecule has 0 aromatic rings. The van der Waals surface area contributed by atoms with Crippen LogP contribution in [0.15, 0.2) is 0 Å². The monoisotopic (exact) mass is 275 g/mol. The second kappa shape index (κ2) is 11.7. The molecule has 0 rings (SSSR count). The molecule has 0 aliphatic heterocycles. The molecule has 0 fully saturated rings. The first-order valence-electron chi connectivity index (χ1n) is 4.34. The third kappa shape index (κ3) is 8.84. The standard InChI is InChI=1S/C8H18O2P.Mo/c1-3-5-6-8(4-2)7-10-11-9;/h8,11H,3-7H2,1-2H3;/q+1;. The van der Waals surface area contributed by atoms with Crippen molar-refractivity contribution in [2.75, 3.05) is 6.61 Å². The molecule has 0 radical (unpaired) electrons. The van der Waals surface area contributed by atoms with Gasteiger partial charge in [0.1, 0.15) is 6.61 Å². The molecule has 72 valence electrons. The van der Waals surface area contributed by atoms with E-state index < -0.39 is 8.69 Å². The van der Waals surface area contributed by atoms with Crippen LogP contribution in [0.4, 0.5) is 0 Å². The summed E-state index contributed by atoms with van der Waals surface area (Å²) in [5.41, 5.74) is 0. The van der Waals surface area contributed by atoms with Gasteiger partial charge in [0.05, 0.1) is 0 Å². The van der Waals surface area contributed by atoms with E-state index in [0.29, 0.717) is 12.5 Å². The SMILES string of the molecule is CCCCC(CC)CO[PH+]=O.[Mo]. The van der Waals surface area contributed by atoms with Crippen LogP contribution in [-0.2, 0) is 30.2 Å². The zero-order valence-electron chi connectivity index (χ0n) is 7.84. The fraction of sp³-hybridized carbons (Fsp3) is 1.00. The maximum absolute atomic E-state index is 10.0. The van der Waals surface area contributed by atoms with Gasteiger partial charge in [-0.25, -0.2) is 0 Å². The van der Waals surface area contributed by atoms with E-state index in [1.807, 2.05) is 0 Å². The van der Waals surface area contributed by atoms with E-state index >= 15 is 0 Å². The van der Waals surface area contributed by atoms with Crippen molar-refractivity contribution in [3.05, 3.63) is 0 Å². The minimum Gasteiger partial charge on any atom is -0.148 e. The first-order valence-corrected chi connectivity index (χ1v) is 5.15. The molecule has 12 heavy (non-hydrogen) atoms. The number of rotatable bonds is 7. The van der Waals surface area contributed by atoms with Gasteiger partial charge in [-0.1, -0.05) is 33.1 Å². The van der Waals surface area contributed by atoms with Gasteiger partial charge in [0, 0.05) is 21.1 Å². The van der Waals surface area contributed by atoms with Crippen LogP contribution in [0, 0.1) is 5.92 Å². The van der Waals surface area contributed by atoms with Crippen LogP contribution in [0.3, 0.4) is 0 Å². The summed E-state index contributed by atoms with van der Waals surface area (Å²) in [5, 5.41) is 0. The maximum Gasteiger partial charge on any atom is 0.494 e. The first kappa shape index (κ1) is 15.2. The predicted molar refractivity (Wildman–Crippen MR) is 48.3 cm³/mol. The largest absolute Gasteiger partial charge is 0.494 e. The van der Waals surface area contributed by atoms with E-state index in [0.717, 1.165) is 6.42 Å². The topological polar surface area (TPSA) is 26.3 Å². The quantitative estimate of drug-likeness (QED) is 0.526. The molecule has 0 bridgehead atoms. The van der Waals surface area contributed by atoms with E-state index in [2.05, 4.69) is 13.8 Å². The molecule has 0 aromatic carbocycles. The van der Waals surface area contributed by atoms with Gasteiger partial charge in [-0.3, -0.25) is 0 Å². The number of hydrogen-bond donors (Lipinski definition) is 0. The van der Waals surface area contributed by atoms with Crippen LogP contribution in [-0.4, -0.2) is 6.61 Å². The van der Waals surface area contributed by atoms with Gasteiger partial charge in [-0.15, -0.1) is 4.52 Å². The summed E-state index contributed by atoms with van der Waals surface area (Å²) in [6.45, 7) is 5.00. The second-order valence-electron chi connectivity index (χ2n) is 2.81. The molecule has 0 spiro atoms. The molecule has 0 amide bonds. The fourth-order valence-corrected chi connectivity index (χ4v) is 1.35. The Bertz CT molecular complexity index is 101. The van der Waals surface area contributed by atoms with Crippen molar-refractivity contribution in [3.63, 3.8) is 0 Å². The van der Waals surface area contributed by atoms with Gasteiger partial charge in [0.2, 0.25) is 0 Å². The summed E-state index contributed by atoms with van der Waals surface area (Å²) in [5.74, 6) is 0.608. The van der Waals surface area contributed by atoms with Gasteiger partial charge in [-0.2, -0.15) is 0 Å². The molecule has 2 unspecified atom stereocenters. The van der Waals surface area contributed by atoms with E-state index in [4.69, 9.17) is 4.52 Å². The molecule has 0 heterocycles. The van der Waals surface area contributed by atoms with Crippen molar-refractivity contribution in [2.45, 2.75) is 39.5 Å². The minimum absolute atomic E-state index is 0. The summed E-state index contributed by atoms with van der Waals surface area (Å²) >= 11 is 0. The maximum atomic E-state index is 10.0. The van der Waals surface area contributed by atoms with Crippen LogP contribution in [0.1, 0.15) is 39.5 Å². The second-order valence-corrected chi connectivity index (χ2v) is 3.27. The van der Waals surface area contributed by atoms with Crippen molar-refractivity contribution in [1.82, 2.24) is 0 Å². The average molecular weight is 273 g/mol. The van der Waals surface area contributed by atoms with Crippen molar-refractivity contribution in [2.24, 2.45) is 5.92 Å². The molecule has 2 atom stereocenters. The molecular formula is C8H18MoO2P+. The summed E-state index contributed by atoms with van der Waals surface area (Å²) in [4.78, 5) is 0. The van der Waals surface area contributed by atoms with Crippen LogP contribution in [0.2, 0.25) is 0 Å². The minimum atomic E-state index is -0.591. The van der Waals surface area contributed by atoms with Crippen molar-refractivity contribution >= 4 is 8.69 Å². The van der Waals surface area contributed by atoms with Crippen LogP contribution in [0.5, 0.6) is 0 Å². The Labute approximate surface area is 91.0 Å². The third-order valence-electron chi connectivity index (χ3n) is 1.92. The summed E-state index contributed by atoms with van der Waals surface area (Å²) in [6.07, 6.45) is 4.82. The van der Waals surface area contributed by atoms with Gasteiger partial charge >= 0.3 is 8.69 Å². The number of unbranched alkanes of at least 4 members (excludes halogenated alkanes) is 1. The van der Waals surface area contributed by atoms with E-state index in [-0.39, 0.29) is 21.1 Å². The molecule has 4 heteroatoms. The van der Waals surface area contributed by atoms with Crippen molar-refractivity contribution in [1.29, 1.82) is 0 Å². The average Bonchev–Trinajstić information content (AvgIpc) is 2.05. The fourth-order valence-electron chi connectivity index (χ4n) is 1.05. The molecular weight excluding hydrogens is 255 g/mol. The molecule has 0 aliphatic rings. The summed E-state index contributed by atoms with van der Waals surface area (Å²) in [7, 11) is -0.591. The molecule has 0 saturated heterocycles. The summed E-state index contributed by atoms with van der Waals surface area (Å²) in [6, 6.07) is 0. The van der Waals surface area contributed by atoms with Gasteiger partial charge in [0.25, 0.3) is 0 Å². The Hall–Kier alpha value is 0.748. The van der Waals surface area contributed by atoms with Crippen molar-refractivity contribution < 1.29 is 30.2 Å².